The zero-order chi connectivity index (χ0) is 18.0. The van der Waals surface area contributed by atoms with Crippen molar-refractivity contribution in [1.82, 2.24) is 9.97 Å². The minimum Gasteiger partial charge on any atom is -0.258 e. The van der Waals surface area contributed by atoms with E-state index in [1.54, 1.807) is 13.0 Å². The first-order chi connectivity index (χ1) is 11.2. The Bertz CT molecular complexity index is 847. The Kier molecular flexibility index (Phi) is 5.37. The van der Waals surface area contributed by atoms with Gasteiger partial charge in [-0.1, -0.05) is 31.5 Å². The summed E-state index contributed by atoms with van der Waals surface area (Å²) in [5.74, 6) is -0.876. The van der Waals surface area contributed by atoms with Gasteiger partial charge in [0.1, 0.15) is 11.1 Å². The van der Waals surface area contributed by atoms with Crippen LogP contribution in [0.5, 0.6) is 0 Å². The fraction of sp³-hybridized carbons (Fsp3) is 0.312. The van der Waals surface area contributed by atoms with E-state index in [-0.39, 0.29) is 22.0 Å². The molecule has 0 aliphatic heterocycles. The van der Waals surface area contributed by atoms with Gasteiger partial charge in [-0.2, -0.15) is 5.26 Å². The van der Waals surface area contributed by atoms with E-state index in [4.69, 9.17) is 23.2 Å². The van der Waals surface area contributed by atoms with E-state index in [0.717, 1.165) is 0 Å². The van der Waals surface area contributed by atoms with E-state index < -0.39 is 10.8 Å². The Morgan fingerprint density at radius 2 is 1.92 bits per heavy atom. The van der Waals surface area contributed by atoms with Crippen LogP contribution in [0.25, 0.3) is 0 Å². The monoisotopic (exact) mass is 364 g/mol. The molecule has 2 rings (SSSR count). The Hall–Kier alpha value is -2.23. The number of hydrogen-bond acceptors (Lipinski definition) is 5. The van der Waals surface area contributed by atoms with Crippen LogP contribution in [0.4, 0.5) is 5.69 Å². The standard InChI is InChI=1S/C16H14Cl2N4O2/c1-8(2)13-14(20-16(18)21-15(13)17)12(7-19)10-4-9(3)5-11(6-10)22(23)24/h4-6,8,12H,1-3H3. The third-order valence-electron chi connectivity index (χ3n) is 3.51. The number of non-ortho nitro benzene ring substituents is 1. The lowest BCUT2D eigenvalue weighted by Gasteiger charge is -2.17. The summed E-state index contributed by atoms with van der Waals surface area (Å²) in [6, 6.07) is 6.68. The molecule has 0 aliphatic rings. The van der Waals surface area contributed by atoms with Crippen molar-refractivity contribution >= 4 is 28.9 Å². The van der Waals surface area contributed by atoms with Crippen molar-refractivity contribution in [2.24, 2.45) is 0 Å². The van der Waals surface area contributed by atoms with Crippen molar-refractivity contribution in [2.75, 3.05) is 0 Å². The average Bonchev–Trinajstić information content (AvgIpc) is 2.46. The number of rotatable bonds is 4. The van der Waals surface area contributed by atoms with Crippen LogP contribution in [0.2, 0.25) is 10.4 Å². The van der Waals surface area contributed by atoms with Gasteiger partial charge < -0.3 is 0 Å². The second-order valence-corrected chi connectivity index (χ2v) is 6.35. The van der Waals surface area contributed by atoms with Gasteiger partial charge in [-0.05, 0) is 35.6 Å². The SMILES string of the molecule is Cc1cc(C(C#N)c2nc(Cl)nc(Cl)c2C(C)C)cc([N+](=O)[O-])c1. The highest BCUT2D eigenvalue weighted by Gasteiger charge is 2.26. The molecule has 124 valence electrons. The van der Waals surface area contributed by atoms with Crippen molar-refractivity contribution in [3.05, 3.63) is 61.1 Å². The lowest BCUT2D eigenvalue weighted by atomic mass is 9.89. The van der Waals surface area contributed by atoms with Crippen molar-refractivity contribution < 1.29 is 4.92 Å². The number of halogens is 2. The van der Waals surface area contributed by atoms with Crippen molar-refractivity contribution in [1.29, 1.82) is 5.26 Å². The van der Waals surface area contributed by atoms with Gasteiger partial charge in [0.2, 0.25) is 5.28 Å². The highest BCUT2D eigenvalue weighted by atomic mass is 35.5. The molecule has 2 aromatic rings. The smallest absolute Gasteiger partial charge is 0.258 e. The quantitative estimate of drug-likeness (QED) is 0.336. The lowest BCUT2D eigenvalue weighted by molar-refractivity contribution is -0.385. The summed E-state index contributed by atoms with van der Waals surface area (Å²) in [7, 11) is 0. The molecule has 1 heterocycles. The predicted molar refractivity (Wildman–Crippen MR) is 91.4 cm³/mol. The molecule has 6 nitrogen and oxygen atoms in total. The molecule has 0 aliphatic carbocycles. The Morgan fingerprint density at radius 1 is 1.25 bits per heavy atom. The number of hydrogen-bond donors (Lipinski definition) is 0. The molecule has 0 saturated heterocycles. The fourth-order valence-corrected chi connectivity index (χ4v) is 3.16. The van der Waals surface area contributed by atoms with Crippen LogP contribution in [0.3, 0.4) is 0 Å². The van der Waals surface area contributed by atoms with Crippen molar-refractivity contribution in [3.63, 3.8) is 0 Å². The van der Waals surface area contributed by atoms with E-state index >= 15 is 0 Å². The highest BCUT2D eigenvalue weighted by molar-refractivity contribution is 6.32. The second kappa shape index (κ2) is 7.12. The van der Waals surface area contributed by atoms with E-state index in [0.29, 0.717) is 22.4 Å². The van der Waals surface area contributed by atoms with Crippen LogP contribution < -0.4 is 0 Å². The molecule has 1 aromatic heterocycles. The van der Waals surface area contributed by atoms with E-state index in [1.165, 1.54) is 12.1 Å². The van der Waals surface area contributed by atoms with Gasteiger partial charge in [0, 0.05) is 17.7 Å². The van der Waals surface area contributed by atoms with Gasteiger partial charge in [0.25, 0.3) is 5.69 Å². The van der Waals surface area contributed by atoms with Crippen LogP contribution in [0.15, 0.2) is 18.2 Å². The first kappa shape index (κ1) is 18.1. The Balaban J connectivity index is 2.71. The molecule has 0 amide bonds. The van der Waals surface area contributed by atoms with Crippen molar-refractivity contribution in [3.8, 4) is 6.07 Å². The highest BCUT2D eigenvalue weighted by Crippen LogP contribution is 2.35. The fourth-order valence-electron chi connectivity index (χ4n) is 2.54. The van der Waals surface area contributed by atoms with Crippen LogP contribution in [-0.4, -0.2) is 14.9 Å². The predicted octanol–water partition coefficient (Wildman–Crippen LogP) is 4.78. The van der Waals surface area contributed by atoms with E-state index in [2.05, 4.69) is 16.0 Å². The van der Waals surface area contributed by atoms with Gasteiger partial charge in [-0.3, -0.25) is 10.1 Å². The van der Waals surface area contributed by atoms with Gasteiger partial charge in [-0.15, -0.1) is 0 Å². The summed E-state index contributed by atoms with van der Waals surface area (Å²) >= 11 is 12.1. The van der Waals surface area contributed by atoms with Gasteiger partial charge in [0.05, 0.1) is 16.7 Å². The zero-order valence-electron chi connectivity index (χ0n) is 13.2. The van der Waals surface area contributed by atoms with E-state index in [9.17, 15) is 15.4 Å². The molecule has 0 bridgehead atoms. The zero-order valence-corrected chi connectivity index (χ0v) is 14.8. The van der Waals surface area contributed by atoms with Gasteiger partial charge in [0.15, 0.2) is 0 Å². The molecular formula is C16H14Cl2N4O2. The van der Waals surface area contributed by atoms with Crippen LogP contribution in [-0.2, 0) is 0 Å². The maximum absolute atomic E-state index is 11.1. The molecule has 1 unspecified atom stereocenters. The van der Waals surface area contributed by atoms with Gasteiger partial charge in [-0.25, -0.2) is 9.97 Å². The third kappa shape index (κ3) is 3.64. The lowest BCUT2D eigenvalue weighted by Crippen LogP contribution is -2.10. The van der Waals surface area contributed by atoms with Gasteiger partial charge >= 0.3 is 0 Å². The van der Waals surface area contributed by atoms with Crippen LogP contribution in [0.1, 0.15) is 48.1 Å². The number of aromatic nitrogens is 2. The number of benzene rings is 1. The average molecular weight is 365 g/mol. The number of aryl methyl sites for hydroxylation is 1. The maximum atomic E-state index is 11.1. The summed E-state index contributed by atoms with van der Waals surface area (Å²) in [6.07, 6.45) is 0. The summed E-state index contributed by atoms with van der Waals surface area (Å²) in [5.41, 5.74) is 2.05. The summed E-state index contributed by atoms with van der Waals surface area (Å²) in [4.78, 5) is 18.7. The van der Waals surface area contributed by atoms with Crippen LogP contribution in [0, 0.1) is 28.4 Å². The molecule has 24 heavy (non-hydrogen) atoms. The molecule has 0 N–H and O–H groups in total. The number of nitro groups is 1. The first-order valence-electron chi connectivity index (χ1n) is 7.13. The second-order valence-electron chi connectivity index (χ2n) is 5.66. The van der Waals surface area contributed by atoms with Crippen LogP contribution >= 0.6 is 23.2 Å². The normalized spacial score (nSPS) is 12.0. The maximum Gasteiger partial charge on any atom is 0.270 e. The van der Waals surface area contributed by atoms with Crippen molar-refractivity contribution in [2.45, 2.75) is 32.6 Å². The molecule has 8 heteroatoms. The van der Waals surface area contributed by atoms with E-state index in [1.807, 2.05) is 13.8 Å². The number of nitriles is 1. The molecule has 1 aromatic carbocycles. The molecule has 0 spiro atoms. The number of nitrogens with zero attached hydrogens (tertiary/aromatic N) is 4. The summed E-state index contributed by atoms with van der Waals surface area (Å²) in [6.45, 7) is 5.53. The summed E-state index contributed by atoms with van der Waals surface area (Å²) < 4.78 is 0. The topological polar surface area (TPSA) is 92.7 Å². The number of nitro benzene ring substituents is 1. The Morgan fingerprint density at radius 3 is 2.46 bits per heavy atom. The third-order valence-corrected chi connectivity index (χ3v) is 3.97. The summed E-state index contributed by atoms with van der Waals surface area (Å²) in [5, 5.41) is 20.9. The molecule has 0 saturated carbocycles. The molecular weight excluding hydrogens is 351 g/mol. The largest absolute Gasteiger partial charge is 0.270 e. The first-order valence-corrected chi connectivity index (χ1v) is 7.88. The minimum absolute atomic E-state index is 0.0413. The minimum atomic E-state index is -0.834. The molecule has 0 fully saturated rings. The molecule has 1 atom stereocenters. The molecule has 0 radical (unpaired) electrons. The Labute approximate surface area is 149 Å².